The summed E-state index contributed by atoms with van der Waals surface area (Å²) in [7, 11) is 0. The number of para-hydroxylation sites is 2. The summed E-state index contributed by atoms with van der Waals surface area (Å²) in [6.07, 6.45) is 1.60. The Labute approximate surface area is 166 Å². The number of amides is 1. The van der Waals surface area contributed by atoms with Crippen LogP contribution in [0.25, 0.3) is 11.0 Å². The van der Waals surface area contributed by atoms with Crippen LogP contribution in [0.1, 0.15) is 50.9 Å². The smallest absolute Gasteiger partial charge is 0.220 e. The van der Waals surface area contributed by atoms with Gasteiger partial charge in [0, 0.05) is 6.42 Å². The van der Waals surface area contributed by atoms with Crippen molar-refractivity contribution < 1.29 is 9.53 Å². The Morgan fingerprint density at radius 2 is 1.89 bits per heavy atom. The molecule has 0 spiro atoms. The quantitative estimate of drug-likeness (QED) is 0.588. The number of nitrogens with zero attached hydrogens (tertiary/aromatic N) is 2. The molecule has 1 aromatic heterocycles. The molecule has 5 heteroatoms. The normalized spacial score (nSPS) is 12.1. The van der Waals surface area contributed by atoms with Crippen LogP contribution in [0.15, 0.2) is 48.5 Å². The first-order chi connectivity index (χ1) is 13.6. The molecule has 0 aliphatic rings. The Bertz CT molecular complexity index is 915. The molecule has 1 amide bonds. The van der Waals surface area contributed by atoms with Crippen molar-refractivity contribution in [3.8, 4) is 5.75 Å². The van der Waals surface area contributed by atoms with Crippen molar-refractivity contribution in [2.24, 2.45) is 0 Å². The van der Waals surface area contributed by atoms with Gasteiger partial charge >= 0.3 is 0 Å². The fourth-order valence-corrected chi connectivity index (χ4v) is 3.20. The molecule has 1 heterocycles. The molecule has 0 bridgehead atoms. The van der Waals surface area contributed by atoms with Crippen molar-refractivity contribution in [3.05, 3.63) is 59.9 Å². The van der Waals surface area contributed by atoms with Crippen molar-refractivity contribution in [1.29, 1.82) is 0 Å². The molecule has 0 saturated heterocycles. The first kappa shape index (κ1) is 19.9. The number of fused-ring (bicyclic) bond motifs is 1. The Balaban J connectivity index is 1.68. The Hall–Kier alpha value is -2.82. The number of ether oxygens (including phenoxy) is 1. The molecule has 1 unspecified atom stereocenters. The minimum Gasteiger partial charge on any atom is -0.492 e. The molecule has 0 aliphatic carbocycles. The minimum absolute atomic E-state index is 0.0243. The van der Waals surface area contributed by atoms with Crippen molar-refractivity contribution in [2.75, 3.05) is 6.61 Å². The number of aromatic nitrogens is 2. The molecule has 1 atom stereocenters. The van der Waals surface area contributed by atoms with Gasteiger partial charge < -0.3 is 14.6 Å². The highest BCUT2D eigenvalue weighted by atomic mass is 16.5. The third-order valence-electron chi connectivity index (χ3n) is 5.14. The zero-order valence-electron chi connectivity index (χ0n) is 16.9. The molecule has 0 aliphatic heterocycles. The van der Waals surface area contributed by atoms with Crippen LogP contribution in [0.5, 0.6) is 5.75 Å². The molecular weight excluding hydrogens is 350 g/mol. The average Bonchev–Trinajstić information content (AvgIpc) is 3.09. The molecule has 0 fully saturated rings. The summed E-state index contributed by atoms with van der Waals surface area (Å²) in [6, 6.07) is 16.4. The van der Waals surface area contributed by atoms with E-state index in [4.69, 9.17) is 4.74 Å². The topological polar surface area (TPSA) is 56.2 Å². The van der Waals surface area contributed by atoms with Gasteiger partial charge in [0.2, 0.25) is 5.91 Å². The number of rotatable bonds is 9. The minimum atomic E-state index is 0.0243. The van der Waals surface area contributed by atoms with Crippen LogP contribution < -0.4 is 10.1 Å². The van der Waals surface area contributed by atoms with Crippen molar-refractivity contribution >= 4 is 16.9 Å². The second kappa shape index (κ2) is 9.40. The van der Waals surface area contributed by atoms with Crippen molar-refractivity contribution in [2.45, 2.75) is 52.6 Å². The van der Waals surface area contributed by atoms with Crippen LogP contribution >= 0.6 is 0 Å². The summed E-state index contributed by atoms with van der Waals surface area (Å²) in [4.78, 5) is 16.3. The lowest BCUT2D eigenvalue weighted by Crippen LogP contribution is -2.24. The fraction of sp³-hybridized carbons (Fsp3) is 0.391. The standard InChI is InChI=1S/C23H29N3O2/c1-4-17(3)18-10-12-19(13-11-18)28-15-14-26-21-9-7-6-8-20(21)25-22(26)16-24-23(27)5-2/h6-13,17H,4-5,14-16H2,1-3H3,(H,24,27). The molecule has 1 N–H and O–H groups in total. The van der Waals surface area contributed by atoms with Gasteiger partial charge in [0.1, 0.15) is 18.2 Å². The summed E-state index contributed by atoms with van der Waals surface area (Å²) in [5.74, 6) is 2.31. The molecule has 0 radical (unpaired) electrons. The third-order valence-corrected chi connectivity index (χ3v) is 5.14. The summed E-state index contributed by atoms with van der Waals surface area (Å²) in [5, 5.41) is 2.92. The van der Waals surface area contributed by atoms with E-state index in [-0.39, 0.29) is 5.91 Å². The number of imidazole rings is 1. The van der Waals surface area contributed by atoms with Crippen LogP contribution in [0.2, 0.25) is 0 Å². The van der Waals surface area contributed by atoms with Gasteiger partial charge in [0.25, 0.3) is 0 Å². The Morgan fingerprint density at radius 3 is 2.61 bits per heavy atom. The number of hydrogen-bond acceptors (Lipinski definition) is 3. The number of hydrogen-bond donors (Lipinski definition) is 1. The molecule has 0 saturated carbocycles. The maximum Gasteiger partial charge on any atom is 0.220 e. The highest BCUT2D eigenvalue weighted by molar-refractivity contribution is 5.77. The molecule has 5 nitrogen and oxygen atoms in total. The average molecular weight is 380 g/mol. The first-order valence-corrected chi connectivity index (χ1v) is 10.1. The fourth-order valence-electron chi connectivity index (χ4n) is 3.20. The lowest BCUT2D eigenvalue weighted by molar-refractivity contribution is -0.120. The second-order valence-corrected chi connectivity index (χ2v) is 7.03. The van der Waals surface area contributed by atoms with Gasteiger partial charge in [0.05, 0.1) is 24.1 Å². The van der Waals surface area contributed by atoms with E-state index in [0.29, 0.717) is 32.0 Å². The third kappa shape index (κ3) is 4.71. The zero-order chi connectivity index (χ0) is 19.9. The first-order valence-electron chi connectivity index (χ1n) is 10.1. The number of benzene rings is 2. The maximum atomic E-state index is 11.6. The Kier molecular flexibility index (Phi) is 6.69. The molecule has 3 rings (SSSR count). The van der Waals surface area contributed by atoms with E-state index in [0.717, 1.165) is 29.0 Å². The van der Waals surface area contributed by atoms with Gasteiger partial charge in [-0.2, -0.15) is 0 Å². The monoisotopic (exact) mass is 379 g/mol. The number of carbonyl (C=O) groups excluding carboxylic acids is 1. The van der Waals surface area contributed by atoms with E-state index >= 15 is 0 Å². The van der Waals surface area contributed by atoms with Gasteiger partial charge in [0.15, 0.2) is 0 Å². The molecule has 28 heavy (non-hydrogen) atoms. The number of nitrogens with one attached hydrogen (secondary N) is 1. The molecule has 148 valence electrons. The summed E-state index contributed by atoms with van der Waals surface area (Å²) in [6.45, 7) is 7.91. The van der Waals surface area contributed by atoms with Gasteiger partial charge in [-0.3, -0.25) is 4.79 Å². The van der Waals surface area contributed by atoms with E-state index in [1.54, 1.807) is 0 Å². The largest absolute Gasteiger partial charge is 0.492 e. The predicted octanol–water partition coefficient (Wildman–Crippen LogP) is 4.66. The lowest BCUT2D eigenvalue weighted by Gasteiger charge is -2.13. The van der Waals surface area contributed by atoms with Crippen LogP contribution in [0.4, 0.5) is 0 Å². The van der Waals surface area contributed by atoms with Gasteiger partial charge in [-0.15, -0.1) is 0 Å². The van der Waals surface area contributed by atoms with Crippen LogP contribution in [0.3, 0.4) is 0 Å². The summed E-state index contributed by atoms with van der Waals surface area (Å²) < 4.78 is 8.09. The zero-order valence-corrected chi connectivity index (χ0v) is 16.9. The number of carbonyl (C=O) groups is 1. The molecule has 3 aromatic rings. The molecule has 2 aromatic carbocycles. The van der Waals surface area contributed by atoms with E-state index in [1.807, 2.05) is 37.3 Å². The summed E-state index contributed by atoms with van der Waals surface area (Å²) in [5.41, 5.74) is 3.32. The van der Waals surface area contributed by atoms with Crippen LogP contribution in [-0.4, -0.2) is 22.1 Å². The van der Waals surface area contributed by atoms with E-state index in [9.17, 15) is 4.79 Å². The lowest BCUT2D eigenvalue weighted by atomic mass is 9.99. The summed E-state index contributed by atoms with van der Waals surface area (Å²) >= 11 is 0. The highest BCUT2D eigenvalue weighted by Crippen LogP contribution is 2.22. The molecular formula is C23H29N3O2. The van der Waals surface area contributed by atoms with E-state index in [2.05, 4.69) is 46.9 Å². The SMILES string of the molecule is CCC(=O)NCc1nc2ccccc2n1CCOc1ccc(C(C)CC)cc1. The van der Waals surface area contributed by atoms with Crippen LogP contribution in [0, 0.1) is 0 Å². The van der Waals surface area contributed by atoms with Gasteiger partial charge in [-0.05, 0) is 42.2 Å². The Morgan fingerprint density at radius 1 is 1.14 bits per heavy atom. The van der Waals surface area contributed by atoms with E-state index < -0.39 is 0 Å². The highest BCUT2D eigenvalue weighted by Gasteiger charge is 2.11. The van der Waals surface area contributed by atoms with Crippen molar-refractivity contribution in [3.63, 3.8) is 0 Å². The second-order valence-electron chi connectivity index (χ2n) is 7.03. The van der Waals surface area contributed by atoms with Crippen molar-refractivity contribution in [1.82, 2.24) is 14.9 Å². The van der Waals surface area contributed by atoms with E-state index in [1.165, 1.54) is 5.56 Å². The van der Waals surface area contributed by atoms with Crippen LogP contribution in [-0.2, 0) is 17.9 Å². The van der Waals surface area contributed by atoms with Gasteiger partial charge in [-0.1, -0.05) is 45.0 Å². The maximum absolute atomic E-state index is 11.6. The van der Waals surface area contributed by atoms with Gasteiger partial charge in [-0.25, -0.2) is 4.98 Å². The predicted molar refractivity (Wildman–Crippen MR) is 113 cm³/mol.